The van der Waals surface area contributed by atoms with Gasteiger partial charge in [-0.15, -0.1) is 24.0 Å². The molecule has 1 saturated heterocycles. The molecule has 0 saturated carbocycles. The van der Waals surface area contributed by atoms with E-state index in [0.717, 1.165) is 44.1 Å². The van der Waals surface area contributed by atoms with Gasteiger partial charge in [-0.05, 0) is 48.2 Å². The highest BCUT2D eigenvalue weighted by atomic mass is 127. The minimum absolute atomic E-state index is 0. The molecule has 3 N–H and O–H groups in total. The molecule has 0 aromatic heterocycles. The fourth-order valence-electron chi connectivity index (χ4n) is 2.95. The number of rotatable bonds is 5. The molecular weight excluding hydrogens is 451 g/mol. The van der Waals surface area contributed by atoms with Crippen LogP contribution in [-0.2, 0) is 17.8 Å². The first-order valence-corrected chi connectivity index (χ1v) is 9.12. The van der Waals surface area contributed by atoms with Crippen molar-refractivity contribution in [3.8, 4) is 0 Å². The van der Waals surface area contributed by atoms with Crippen LogP contribution in [0.3, 0.4) is 0 Å². The number of hydrogen-bond donors (Lipinski definition) is 2. The molecule has 5 nitrogen and oxygen atoms in total. The van der Waals surface area contributed by atoms with Crippen LogP contribution in [0.5, 0.6) is 0 Å². The normalized spacial score (nSPS) is 15.3. The molecule has 0 amide bonds. The summed E-state index contributed by atoms with van der Waals surface area (Å²) in [4.78, 5) is 6.86. The molecule has 1 aliphatic heterocycles. The Morgan fingerprint density at radius 2 is 1.70 bits per heavy atom. The van der Waals surface area contributed by atoms with Gasteiger partial charge >= 0.3 is 0 Å². The van der Waals surface area contributed by atoms with E-state index in [0.29, 0.717) is 12.5 Å². The molecule has 3 rings (SSSR count). The van der Waals surface area contributed by atoms with E-state index < -0.39 is 0 Å². The highest BCUT2D eigenvalue weighted by molar-refractivity contribution is 14.0. The lowest BCUT2D eigenvalue weighted by atomic mass is 10.1. The van der Waals surface area contributed by atoms with Crippen LogP contribution in [-0.4, -0.2) is 37.2 Å². The second-order valence-corrected chi connectivity index (χ2v) is 6.83. The van der Waals surface area contributed by atoms with Crippen molar-refractivity contribution in [2.24, 2.45) is 10.7 Å². The quantitative estimate of drug-likeness (QED) is 0.390. The van der Waals surface area contributed by atoms with Crippen molar-refractivity contribution in [2.45, 2.75) is 26.9 Å². The van der Waals surface area contributed by atoms with Crippen molar-refractivity contribution < 1.29 is 4.74 Å². The summed E-state index contributed by atoms with van der Waals surface area (Å²) >= 11 is 0. The van der Waals surface area contributed by atoms with Gasteiger partial charge in [0.15, 0.2) is 5.96 Å². The molecule has 0 unspecified atom stereocenters. The first kappa shape index (κ1) is 21.7. The van der Waals surface area contributed by atoms with Crippen LogP contribution in [0.25, 0.3) is 0 Å². The third-order valence-electron chi connectivity index (χ3n) is 4.74. The number of nitrogens with zero attached hydrogens (tertiary/aromatic N) is 2. The number of benzene rings is 2. The predicted molar refractivity (Wildman–Crippen MR) is 123 cm³/mol. The first-order chi connectivity index (χ1) is 12.6. The Labute approximate surface area is 179 Å². The zero-order valence-electron chi connectivity index (χ0n) is 16.1. The van der Waals surface area contributed by atoms with Crippen LogP contribution in [0.15, 0.2) is 47.5 Å². The lowest BCUT2D eigenvalue weighted by molar-refractivity contribution is 0.0342. The van der Waals surface area contributed by atoms with Crippen LogP contribution < -0.4 is 11.1 Å². The molecule has 0 radical (unpaired) electrons. The Balaban J connectivity index is 0.00000261. The minimum atomic E-state index is 0. The van der Waals surface area contributed by atoms with Crippen molar-refractivity contribution in [2.75, 3.05) is 31.6 Å². The van der Waals surface area contributed by atoms with Crippen LogP contribution in [0.4, 0.5) is 5.69 Å². The SMILES string of the molecule is Cc1ccc(NC(N)=NCc2ccc(CN3CCOCC3)cc2)cc1C.I. The Bertz CT molecular complexity index is 755. The highest BCUT2D eigenvalue weighted by Crippen LogP contribution is 2.14. The third-order valence-corrected chi connectivity index (χ3v) is 4.74. The largest absolute Gasteiger partial charge is 0.379 e. The summed E-state index contributed by atoms with van der Waals surface area (Å²) in [7, 11) is 0. The van der Waals surface area contributed by atoms with E-state index in [4.69, 9.17) is 10.5 Å². The van der Waals surface area contributed by atoms with Crippen LogP contribution in [0.1, 0.15) is 22.3 Å². The Morgan fingerprint density at radius 1 is 1.04 bits per heavy atom. The lowest BCUT2D eigenvalue weighted by Crippen LogP contribution is -2.35. The standard InChI is InChI=1S/C21H28N4O.HI/c1-16-3-8-20(13-17(16)2)24-21(22)23-14-18-4-6-19(7-5-18)15-25-9-11-26-12-10-25;/h3-8,13H,9-12,14-15H2,1-2H3,(H3,22,23,24);1H. The van der Waals surface area contributed by atoms with Gasteiger partial charge < -0.3 is 15.8 Å². The molecular formula is C21H29IN4O. The maximum atomic E-state index is 6.02. The summed E-state index contributed by atoms with van der Waals surface area (Å²) in [5, 5.41) is 3.15. The van der Waals surface area contributed by atoms with Gasteiger partial charge in [-0.25, -0.2) is 4.99 Å². The van der Waals surface area contributed by atoms with Crippen molar-refractivity contribution in [1.82, 2.24) is 4.90 Å². The Kier molecular flexibility index (Phi) is 8.53. The smallest absolute Gasteiger partial charge is 0.193 e. The number of morpholine rings is 1. The molecule has 1 aliphatic rings. The highest BCUT2D eigenvalue weighted by Gasteiger charge is 2.10. The monoisotopic (exact) mass is 480 g/mol. The first-order valence-electron chi connectivity index (χ1n) is 9.12. The van der Waals surface area contributed by atoms with E-state index in [-0.39, 0.29) is 24.0 Å². The van der Waals surface area contributed by atoms with E-state index in [9.17, 15) is 0 Å². The summed E-state index contributed by atoms with van der Waals surface area (Å²) in [6.07, 6.45) is 0. The Morgan fingerprint density at radius 3 is 2.37 bits per heavy atom. The molecule has 1 fully saturated rings. The lowest BCUT2D eigenvalue weighted by Gasteiger charge is -2.26. The fraction of sp³-hybridized carbons (Fsp3) is 0.381. The number of halogens is 1. The predicted octanol–water partition coefficient (Wildman–Crippen LogP) is 3.68. The molecule has 1 heterocycles. The molecule has 27 heavy (non-hydrogen) atoms. The van der Waals surface area contributed by atoms with Crippen LogP contribution in [0.2, 0.25) is 0 Å². The second-order valence-electron chi connectivity index (χ2n) is 6.83. The molecule has 2 aromatic carbocycles. The third kappa shape index (κ3) is 6.79. The van der Waals surface area contributed by atoms with Gasteiger partial charge in [0.2, 0.25) is 0 Å². The van der Waals surface area contributed by atoms with Gasteiger partial charge in [0.25, 0.3) is 0 Å². The average molecular weight is 480 g/mol. The average Bonchev–Trinajstić information content (AvgIpc) is 2.65. The van der Waals surface area contributed by atoms with Gasteiger partial charge in [-0.1, -0.05) is 30.3 Å². The maximum Gasteiger partial charge on any atom is 0.193 e. The number of nitrogens with one attached hydrogen (secondary N) is 1. The summed E-state index contributed by atoms with van der Waals surface area (Å²) in [6.45, 7) is 9.41. The van der Waals surface area contributed by atoms with Crippen molar-refractivity contribution in [1.29, 1.82) is 0 Å². The fourth-order valence-corrected chi connectivity index (χ4v) is 2.95. The van der Waals surface area contributed by atoms with Gasteiger partial charge in [0.05, 0.1) is 19.8 Å². The van der Waals surface area contributed by atoms with Crippen molar-refractivity contribution >= 4 is 35.6 Å². The van der Waals surface area contributed by atoms with Gasteiger partial charge in [0.1, 0.15) is 0 Å². The molecule has 2 aromatic rings. The van der Waals surface area contributed by atoms with Crippen LogP contribution >= 0.6 is 24.0 Å². The van der Waals surface area contributed by atoms with Crippen molar-refractivity contribution in [3.63, 3.8) is 0 Å². The molecule has 6 heteroatoms. The number of hydrogen-bond acceptors (Lipinski definition) is 3. The van der Waals surface area contributed by atoms with Crippen molar-refractivity contribution in [3.05, 3.63) is 64.7 Å². The van der Waals surface area contributed by atoms with Gasteiger partial charge in [0, 0.05) is 25.3 Å². The maximum absolute atomic E-state index is 6.02. The minimum Gasteiger partial charge on any atom is -0.379 e. The van der Waals surface area contributed by atoms with E-state index in [1.807, 2.05) is 6.07 Å². The van der Waals surface area contributed by atoms with Gasteiger partial charge in [-0.3, -0.25) is 4.90 Å². The van der Waals surface area contributed by atoms with Gasteiger partial charge in [-0.2, -0.15) is 0 Å². The van der Waals surface area contributed by atoms with E-state index in [1.54, 1.807) is 0 Å². The number of anilines is 1. The molecule has 146 valence electrons. The van der Waals surface area contributed by atoms with E-state index in [2.05, 4.69) is 65.5 Å². The zero-order chi connectivity index (χ0) is 18.4. The van der Waals surface area contributed by atoms with E-state index in [1.165, 1.54) is 16.7 Å². The summed E-state index contributed by atoms with van der Waals surface area (Å²) in [5.41, 5.74) is 12.0. The number of ether oxygens (including phenoxy) is 1. The zero-order valence-corrected chi connectivity index (χ0v) is 18.4. The number of aliphatic imine (C=N–C) groups is 1. The molecule has 0 spiro atoms. The number of aryl methyl sites for hydroxylation is 2. The number of nitrogens with two attached hydrogens (primary N) is 1. The number of guanidine groups is 1. The second kappa shape index (κ2) is 10.6. The topological polar surface area (TPSA) is 62.9 Å². The Hall–Kier alpha value is -1.64. The van der Waals surface area contributed by atoms with Crippen LogP contribution in [0, 0.1) is 13.8 Å². The van der Waals surface area contributed by atoms with E-state index >= 15 is 0 Å². The molecule has 0 atom stereocenters. The summed E-state index contributed by atoms with van der Waals surface area (Å²) < 4.78 is 5.39. The summed E-state index contributed by atoms with van der Waals surface area (Å²) in [5.74, 6) is 0.436. The summed E-state index contributed by atoms with van der Waals surface area (Å²) in [6, 6.07) is 14.8. The molecule has 0 aliphatic carbocycles. The molecule has 0 bridgehead atoms.